The van der Waals surface area contributed by atoms with Crippen LogP contribution in [-0.4, -0.2) is 0 Å². The molecule has 0 spiro atoms. The van der Waals surface area contributed by atoms with Crippen LogP contribution in [0, 0.1) is 0 Å². The zero-order chi connectivity index (χ0) is 42.4. The van der Waals surface area contributed by atoms with E-state index < -0.39 is 0 Å². The zero-order valence-electron chi connectivity index (χ0n) is 35.0. The van der Waals surface area contributed by atoms with Gasteiger partial charge in [-0.3, -0.25) is 0 Å². The summed E-state index contributed by atoms with van der Waals surface area (Å²) >= 11 is 0. The Morgan fingerprint density at radius 3 is 1.31 bits per heavy atom. The Labute approximate surface area is 373 Å². The van der Waals surface area contributed by atoms with Crippen molar-refractivity contribution in [3.8, 4) is 78.3 Å². The van der Waals surface area contributed by atoms with Gasteiger partial charge in [-0.1, -0.05) is 188 Å². The van der Waals surface area contributed by atoms with Gasteiger partial charge in [0.05, 0.1) is 0 Å². The van der Waals surface area contributed by atoms with Crippen LogP contribution < -0.4 is 9.64 Å². The number of hydrogen-bond acceptors (Lipinski definition) is 2. The standard InChI is InChI=1S/C62H41NO/c1-3-13-42(14-4-1)44-25-27-45(28-26-44)47-31-35-52(36-32-47)63(51-33-29-46(30-34-51)43-15-5-2-6-16-43)53-37-38-56-58-39-49-18-7-8-19-50(49)40-59(58)62-57(23-12-24-60(62)64-61(56)41-53)55-22-11-20-48-17-9-10-21-54(48)55/h1-41H. The fourth-order valence-electron chi connectivity index (χ4n) is 9.49. The highest BCUT2D eigenvalue weighted by atomic mass is 16.5. The molecule has 2 nitrogen and oxygen atoms in total. The SMILES string of the molecule is c1ccc(-c2ccc(-c3ccc(N(c4ccc(-c5ccccc5)cc4)c4ccc5c(c4)Oc4cccc(-c6cccc7ccccc67)c4-c4cc6ccccc6cc4-5)cc3)cc2)cc1. The van der Waals surface area contributed by atoms with Crippen LogP contribution in [0.25, 0.3) is 88.3 Å². The van der Waals surface area contributed by atoms with E-state index in [1.807, 2.05) is 0 Å². The Kier molecular flexibility index (Phi) is 9.20. The fraction of sp³-hybridized carbons (Fsp3) is 0. The molecule has 11 aromatic carbocycles. The maximum absolute atomic E-state index is 7.22. The van der Waals surface area contributed by atoms with E-state index in [9.17, 15) is 0 Å². The van der Waals surface area contributed by atoms with E-state index >= 15 is 0 Å². The van der Waals surface area contributed by atoms with Crippen molar-refractivity contribution in [2.75, 3.05) is 4.90 Å². The van der Waals surface area contributed by atoms with Gasteiger partial charge in [0.25, 0.3) is 0 Å². The molecule has 11 aromatic rings. The van der Waals surface area contributed by atoms with Crippen LogP contribution in [-0.2, 0) is 0 Å². The van der Waals surface area contributed by atoms with E-state index in [-0.39, 0.29) is 0 Å². The molecular formula is C62H41NO. The molecule has 0 amide bonds. The summed E-state index contributed by atoms with van der Waals surface area (Å²) in [5.41, 5.74) is 17.0. The van der Waals surface area contributed by atoms with Gasteiger partial charge < -0.3 is 9.64 Å². The lowest BCUT2D eigenvalue weighted by Gasteiger charge is -2.27. The van der Waals surface area contributed by atoms with Gasteiger partial charge in [-0.2, -0.15) is 0 Å². The molecule has 0 unspecified atom stereocenters. The van der Waals surface area contributed by atoms with Crippen LogP contribution in [0.15, 0.2) is 249 Å². The smallest absolute Gasteiger partial charge is 0.137 e. The van der Waals surface area contributed by atoms with Crippen LogP contribution in [0.3, 0.4) is 0 Å². The largest absolute Gasteiger partial charge is 0.456 e. The molecule has 64 heavy (non-hydrogen) atoms. The molecule has 0 saturated carbocycles. The number of anilines is 3. The summed E-state index contributed by atoms with van der Waals surface area (Å²) in [7, 11) is 0. The third kappa shape index (κ3) is 6.70. The Balaban J connectivity index is 0.999. The third-order valence-electron chi connectivity index (χ3n) is 12.7. The molecule has 300 valence electrons. The van der Waals surface area contributed by atoms with Gasteiger partial charge >= 0.3 is 0 Å². The molecule has 0 saturated heterocycles. The first kappa shape index (κ1) is 37.3. The van der Waals surface area contributed by atoms with Gasteiger partial charge in [-0.15, -0.1) is 0 Å². The van der Waals surface area contributed by atoms with Crippen molar-refractivity contribution in [3.63, 3.8) is 0 Å². The van der Waals surface area contributed by atoms with Gasteiger partial charge in [0.2, 0.25) is 0 Å². The third-order valence-corrected chi connectivity index (χ3v) is 12.7. The first-order chi connectivity index (χ1) is 31.7. The molecule has 0 N–H and O–H groups in total. The number of nitrogens with zero attached hydrogens (tertiary/aromatic N) is 1. The minimum atomic E-state index is 0.809. The van der Waals surface area contributed by atoms with Crippen LogP contribution in [0.4, 0.5) is 17.1 Å². The Hall–Kier alpha value is -8.46. The second kappa shape index (κ2) is 15.8. The van der Waals surface area contributed by atoms with Crippen molar-refractivity contribution in [1.29, 1.82) is 0 Å². The molecule has 0 fully saturated rings. The quantitative estimate of drug-likeness (QED) is 0.159. The second-order valence-corrected chi connectivity index (χ2v) is 16.5. The van der Waals surface area contributed by atoms with Gasteiger partial charge in [-0.05, 0) is 132 Å². The molecule has 0 radical (unpaired) electrons. The normalized spacial score (nSPS) is 11.6. The summed E-state index contributed by atoms with van der Waals surface area (Å²) in [6.45, 7) is 0. The lowest BCUT2D eigenvalue weighted by Crippen LogP contribution is -2.10. The predicted molar refractivity (Wildman–Crippen MR) is 269 cm³/mol. The van der Waals surface area contributed by atoms with E-state index in [0.717, 1.165) is 61.9 Å². The Morgan fingerprint density at radius 2 is 0.703 bits per heavy atom. The van der Waals surface area contributed by atoms with Crippen LogP contribution in [0.5, 0.6) is 11.5 Å². The van der Waals surface area contributed by atoms with Crippen molar-refractivity contribution in [3.05, 3.63) is 249 Å². The number of fused-ring (bicyclic) bond motifs is 7. The maximum atomic E-state index is 7.22. The number of rotatable bonds is 7. The van der Waals surface area contributed by atoms with E-state index in [2.05, 4.69) is 254 Å². The summed E-state index contributed by atoms with van der Waals surface area (Å²) in [6, 6.07) is 89.5. The summed E-state index contributed by atoms with van der Waals surface area (Å²) in [5, 5.41) is 4.82. The van der Waals surface area contributed by atoms with Crippen LogP contribution in [0.1, 0.15) is 0 Å². The first-order valence-corrected chi connectivity index (χ1v) is 21.9. The lowest BCUT2D eigenvalue weighted by molar-refractivity contribution is 0.488. The average molecular weight is 816 g/mol. The molecule has 0 bridgehead atoms. The topological polar surface area (TPSA) is 12.5 Å². The van der Waals surface area contributed by atoms with Gasteiger partial charge in [0, 0.05) is 34.3 Å². The van der Waals surface area contributed by atoms with Crippen molar-refractivity contribution in [2.24, 2.45) is 0 Å². The Morgan fingerprint density at radius 1 is 0.250 bits per heavy atom. The molecule has 2 heteroatoms. The highest BCUT2D eigenvalue weighted by molar-refractivity contribution is 6.07. The lowest BCUT2D eigenvalue weighted by atomic mass is 9.86. The van der Waals surface area contributed by atoms with Gasteiger partial charge in [0.1, 0.15) is 11.5 Å². The monoisotopic (exact) mass is 815 g/mol. The van der Waals surface area contributed by atoms with E-state index in [4.69, 9.17) is 4.74 Å². The zero-order valence-corrected chi connectivity index (χ0v) is 35.0. The van der Waals surface area contributed by atoms with Crippen molar-refractivity contribution in [1.82, 2.24) is 0 Å². The first-order valence-electron chi connectivity index (χ1n) is 21.9. The molecule has 1 aliphatic heterocycles. The number of ether oxygens (including phenoxy) is 1. The summed E-state index contributed by atoms with van der Waals surface area (Å²) in [4.78, 5) is 2.33. The van der Waals surface area contributed by atoms with Crippen LogP contribution >= 0.6 is 0 Å². The summed E-state index contributed by atoms with van der Waals surface area (Å²) in [5.74, 6) is 1.64. The highest BCUT2D eigenvalue weighted by Gasteiger charge is 2.26. The molecule has 0 aliphatic carbocycles. The molecule has 0 atom stereocenters. The van der Waals surface area contributed by atoms with Crippen LogP contribution in [0.2, 0.25) is 0 Å². The number of hydrogen-bond donors (Lipinski definition) is 0. The Bertz CT molecular complexity index is 3480. The second-order valence-electron chi connectivity index (χ2n) is 16.5. The van der Waals surface area contributed by atoms with E-state index in [1.54, 1.807) is 0 Å². The molecule has 1 heterocycles. The van der Waals surface area contributed by atoms with Crippen molar-refractivity contribution >= 4 is 38.6 Å². The van der Waals surface area contributed by atoms with E-state index in [1.165, 1.54) is 54.9 Å². The van der Waals surface area contributed by atoms with Crippen molar-refractivity contribution < 1.29 is 4.74 Å². The molecule has 1 aliphatic rings. The summed E-state index contributed by atoms with van der Waals surface area (Å²) in [6.07, 6.45) is 0. The van der Waals surface area contributed by atoms with Gasteiger partial charge in [-0.25, -0.2) is 0 Å². The van der Waals surface area contributed by atoms with E-state index in [0.29, 0.717) is 0 Å². The minimum absolute atomic E-state index is 0.809. The maximum Gasteiger partial charge on any atom is 0.137 e. The van der Waals surface area contributed by atoms with Gasteiger partial charge in [0.15, 0.2) is 0 Å². The highest BCUT2D eigenvalue weighted by Crippen LogP contribution is 2.53. The fourth-order valence-corrected chi connectivity index (χ4v) is 9.49. The molecule has 0 aromatic heterocycles. The van der Waals surface area contributed by atoms with Crippen molar-refractivity contribution in [2.45, 2.75) is 0 Å². The minimum Gasteiger partial charge on any atom is -0.456 e. The molecule has 12 rings (SSSR count). The molecular weight excluding hydrogens is 775 g/mol. The average Bonchev–Trinajstić information content (AvgIpc) is 3.50. The number of benzene rings is 11. The predicted octanol–water partition coefficient (Wildman–Crippen LogP) is 17.6. The summed E-state index contributed by atoms with van der Waals surface area (Å²) < 4.78 is 7.22.